The molecule has 1 aromatic heterocycles. The molecule has 2 aromatic rings. The Bertz CT molecular complexity index is 1080. The van der Waals surface area contributed by atoms with Gasteiger partial charge in [-0.2, -0.15) is 8.42 Å². The fourth-order valence-electron chi connectivity index (χ4n) is 2.05. The fraction of sp³-hybridized carbons (Fsp3) is 0.333. The molecule has 0 unspecified atom stereocenters. The molecule has 0 aliphatic heterocycles. The van der Waals surface area contributed by atoms with Crippen molar-refractivity contribution in [3.05, 3.63) is 41.3 Å². The third-order valence-corrected chi connectivity index (χ3v) is 9.17. The summed E-state index contributed by atoms with van der Waals surface area (Å²) < 4.78 is 75.9. The third kappa shape index (κ3) is 5.13. The molecule has 7 nitrogen and oxygen atoms in total. The number of sulfone groups is 2. The van der Waals surface area contributed by atoms with Gasteiger partial charge in [-0.05, 0) is 42.8 Å². The highest BCUT2D eigenvalue weighted by molar-refractivity contribution is 7.93. The van der Waals surface area contributed by atoms with E-state index in [1.807, 2.05) is 6.92 Å². The maximum atomic E-state index is 12.6. The topological polar surface area (TPSA) is 112 Å². The highest BCUT2D eigenvalue weighted by Crippen LogP contribution is 2.28. The Morgan fingerprint density at radius 2 is 1.46 bits per heavy atom. The van der Waals surface area contributed by atoms with Gasteiger partial charge in [-0.25, -0.2) is 16.8 Å². The summed E-state index contributed by atoms with van der Waals surface area (Å²) in [5.74, 6) is -0.531. The minimum absolute atomic E-state index is 0.00617. The molecule has 11 heteroatoms. The van der Waals surface area contributed by atoms with E-state index in [0.717, 1.165) is 17.6 Å². The summed E-state index contributed by atoms with van der Waals surface area (Å²) in [6.07, 6.45) is 1.56. The summed E-state index contributed by atoms with van der Waals surface area (Å²) in [6.45, 7) is 1.42. The zero-order valence-corrected chi connectivity index (χ0v) is 17.3. The quantitative estimate of drug-likeness (QED) is 0.579. The van der Waals surface area contributed by atoms with Crippen molar-refractivity contribution in [1.29, 1.82) is 0 Å². The maximum absolute atomic E-state index is 12.6. The van der Waals surface area contributed by atoms with Gasteiger partial charge >= 0.3 is 0 Å². The molecule has 0 aliphatic carbocycles. The lowest BCUT2D eigenvalue weighted by atomic mass is 10.4. The molecule has 1 heterocycles. The molecular weight excluding hydrogens is 420 g/mol. The molecule has 2 rings (SSSR count). The number of benzene rings is 1. The fourth-order valence-corrected chi connectivity index (χ4v) is 6.33. The zero-order valence-electron chi connectivity index (χ0n) is 14.1. The second kappa shape index (κ2) is 7.77. The van der Waals surface area contributed by atoms with Crippen LogP contribution in [0.4, 0.5) is 0 Å². The van der Waals surface area contributed by atoms with Crippen LogP contribution in [0.2, 0.25) is 0 Å². The van der Waals surface area contributed by atoms with Gasteiger partial charge in [0.2, 0.25) is 9.84 Å². The second-order valence-electron chi connectivity index (χ2n) is 5.39. The van der Waals surface area contributed by atoms with Crippen molar-refractivity contribution in [3.63, 3.8) is 0 Å². The Labute approximate surface area is 157 Å². The van der Waals surface area contributed by atoms with Crippen molar-refractivity contribution in [3.8, 4) is 0 Å². The monoisotopic (exact) mass is 438 g/mol. The normalized spacial score (nSPS) is 13.0. The first kappa shape index (κ1) is 21.0. The zero-order chi connectivity index (χ0) is 19.6. The number of rotatable bonds is 8. The molecule has 0 fully saturated rings. The van der Waals surface area contributed by atoms with Crippen LogP contribution in [0.15, 0.2) is 50.4 Å². The highest BCUT2D eigenvalue weighted by Gasteiger charge is 2.22. The molecule has 0 amide bonds. The smallest absolute Gasteiger partial charge is 0.264 e. The van der Waals surface area contributed by atoms with Crippen molar-refractivity contribution >= 4 is 41.1 Å². The van der Waals surface area contributed by atoms with E-state index in [-0.39, 0.29) is 14.0 Å². The molecule has 0 saturated carbocycles. The SMILES string of the molecule is CCc1ccc(S(=O)(=O)c2ccc(S(=O)(=O)CCOS(C)(=O)=O)cc2)s1. The average molecular weight is 439 g/mol. The lowest BCUT2D eigenvalue weighted by molar-refractivity contribution is 0.343. The van der Waals surface area contributed by atoms with E-state index in [9.17, 15) is 25.3 Å². The van der Waals surface area contributed by atoms with Gasteiger partial charge in [0.25, 0.3) is 10.1 Å². The standard InChI is InChI=1S/C15H18O7S4/c1-3-12-4-9-15(23-12)26(20,21)14-7-5-13(6-8-14)25(18,19)11-10-22-24(2,16)17/h4-9H,3,10-11H2,1-2H3. The van der Waals surface area contributed by atoms with Gasteiger partial charge in [0.15, 0.2) is 9.84 Å². The molecule has 0 bridgehead atoms. The van der Waals surface area contributed by atoms with E-state index in [0.29, 0.717) is 0 Å². The number of thiophene rings is 1. The van der Waals surface area contributed by atoms with Crippen LogP contribution in [0, 0.1) is 0 Å². The van der Waals surface area contributed by atoms with Gasteiger partial charge in [0, 0.05) is 4.88 Å². The highest BCUT2D eigenvalue weighted by atomic mass is 32.2. The average Bonchev–Trinajstić information content (AvgIpc) is 3.03. The minimum Gasteiger partial charge on any atom is -0.269 e. The third-order valence-electron chi connectivity index (χ3n) is 3.39. The summed E-state index contributed by atoms with van der Waals surface area (Å²) in [6, 6.07) is 8.12. The summed E-state index contributed by atoms with van der Waals surface area (Å²) in [4.78, 5) is 0.830. The van der Waals surface area contributed by atoms with Gasteiger partial charge in [0.05, 0.1) is 28.4 Å². The Morgan fingerprint density at radius 1 is 0.885 bits per heavy atom. The van der Waals surface area contributed by atoms with Crippen LogP contribution in [0.5, 0.6) is 0 Å². The Hall–Kier alpha value is -1.27. The number of hydrogen-bond acceptors (Lipinski definition) is 8. The molecule has 0 spiro atoms. The predicted octanol–water partition coefficient (Wildman–Crippen LogP) is 1.89. The lowest BCUT2D eigenvalue weighted by Gasteiger charge is -2.06. The van der Waals surface area contributed by atoms with Crippen molar-refractivity contribution in [1.82, 2.24) is 0 Å². The molecule has 0 saturated heterocycles. The van der Waals surface area contributed by atoms with E-state index in [1.165, 1.54) is 41.7 Å². The van der Waals surface area contributed by atoms with Crippen molar-refractivity contribution in [2.24, 2.45) is 0 Å². The largest absolute Gasteiger partial charge is 0.269 e. The van der Waals surface area contributed by atoms with E-state index in [4.69, 9.17) is 0 Å². The van der Waals surface area contributed by atoms with E-state index < -0.39 is 42.2 Å². The predicted molar refractivity (Wildman–Crippen MR) is 98.4 cm³/mol. The van der Waals surface area contributed by atoms with Crippen LogP contribution in [0.25, 0.3) is 0 Å². The molecule has 0 atom stereocenters. The molecule has 144 valence electrons. The van der Waals surface area contributed by atoms with Crippen molar-refractivity contribution < 1.29 is 29.4 Å². The van der Waals surface area contributed by atoms with Crippen LogP contribution in [0.3, 0.4) is 0 Å². The number of hydrogen-bond donors (Lipinski definition) is 0. The van der Waals surface area contributed by atoms with Crippen LogP contribution in [0.1, 0.15) is 11.8 Å². The van der Waals surface area contributed by atoms with E-state index >= 15 is 0 Å². The Balaban J connectivity index is 2.21. The summed E-state index contributed by atoms with van der Waals surface area (Å²) >= 11 is 1.18. The van der Waals surface area contributed by atoms with Gasteiger partial charge in [0.1, 0.15) is 4.21 Å². The summed E-state index contributed by atoms with van der Waals surface area (Å²) in [7, 11) is -11.2. The molecule has 0 N–H and O–H groups in total. The number of aryl methyl sites for hydroxylation is 1. The van der Waals surface area contributed by atoms with Gasteiger partial charge in [-0.3, -0.25) is 4.18 Å². The first-order valence-corrected chi connectivity index (χ1v) is 13.2. The van der Waals surface area contributed by atoms with Crippen LogP contribution < -0.4 is 0 Å². The maximum Gasteiger partial charge on any atom is 0.264 e. The van der Waals surface area contributed by atoms with Crippen molar-refractivity contribution in [2.75, 3.05) is 18.6 Å². The van der Waals surface area contributed by atoms with E-state index in [2.05, 4.69) is 4.18 Å². The van der Waals surface area contributed by atoms with Crippen LogP contribution in [-0.2, 0) is 40.4 Å². The molecule has 26 heavy (non-hydrogen) atoms. The summed E-state index contributed by atoms with van der Waals surface area (Å²) in [5, 5.41) is 0. The van der Waals surface area contributed by atoms with Gasteiger partial charge in [-0.15, -0.1) is 11.3 Å². The van der Waals surface area contributed by atoms with Crippen LogP contribution >= 0.6 is 11.3 Å². The first-order chi connectivity index (χ1) is 12.0. The molecule has 0 radical (unpaired) electrons. The summed E-state index contributed by atoms with van der Waals surface area (Å²) in [5.41, 5.74) is 0. The first-order valence-electron chi connectivity index (χ1n) is 7.47. The Kier molecular flexibility index (Phi) is 6.28. The lowest BCUT2D eigenvalue weighted by Crippen LogP contribution is -2.15. The van der Waals surface area contributed by atoms with E-state index in [1.54, 1.807) is 6.07 Å². The van der Waals surface area contributed by atoms with Gasteiger partial charge in [-0.1, -0.05) is 6.92 Å². The van der Waals surface area contributed by atoms with Crippen molar-refractivity contribution in [2.45, 2.75) is 27.3 Å². The molecule has 1 aromatic carbocycles. The minimum atomic E-state index is -3.79. The van der Waals surface area contributed by atoms with Crippen LogP contribution in [-0.4, -0.2) is 43.9 Å². The molecule has 0 aliphatic rings. The molecular formula is C15H18O7S4. The Morgan fingerprint density at radius 3 is 1.96 bits per heavy atom. The van der Waals surface area contributed by atoms with Gasteiger partial charge < -0.3 is 0 Å². The second-order valence-corrected chi connectivity index (χ2v) is 12.5.